The Morgan fingerprint density at radius 1 is 1.40 bits per heavy atom. The van der Waals surface area contributed by atoms with Crippen LogP contribution in [0.5, 0.6) is 0 Å². The lowest BCUT2D eigenvalue weighted by atomic mass is 10.1. The first-order valence-corrected chi connectivity index (χ1v) is 9.52. The Hall–Kier alpha value is -1.57. The van der Waals surface area contributed by atoms with E-state index in [1.165, 1.54) is 5.56 Å². The molecule has 7 heteroatoms. The zero-order valence-electron chi connectivity index (χ0n) is 14.3. The second kappa shape index (κ2) is 6.97. The number of nitrogens with zero attached hydrogens (tertiary/aromatic N) is 3. The first kappa shape index (κ1) is 16.9. The molecule has 0 radical (unpaired) electrons. The third-order valence-corrected chi connectivity index (χ3v) is 5.91. The van der Waals surface area contributed by atoms with E-state index >= 15 is 0 Å². The Kier molecular flexibility index (Phi) is 4.71. The highest BCUT2D eigenvalue weighted by atomic mass is 32.1. The van der Waals surface area contributed by atoms with Gasteiger partial charge in [-0.15, -0.1) is 11.3 Å². The van der Waals surface area contributed by atoms with Crippen LogP contribution in [-0.4, -0.2) is 65.8 Å². The summed E-state index contributed by atoms with van der Waals surface area (Å²) in [5, 5.41) is 0.939. The Morgan fingerprint density at radius 3 is 3.00 bits per heavy atom. The van der Waals surface area contributed by atoms with Gasteiger partial charge in [-0.25, -0.2) is 9.37 Å². The molecular weight excluding hydrogens is 341 g/mol. The van der Waals surface area contributed by atoms with Crippen molar-refractivity contribution in [3.05, 3.63) is 28.8 Å². The van der Waals surface area contributed by atoms with Crippen molar-refractivity contribution in [3.63, 3.8) is 0 Å². The number of ether oxygens (including phenoxy) is 1. The molecule has 0 unspecified atom stereocenters. The number of likely N-dealkylation sites (tertiary alicyclic amines) is 1. The van der Waals surface area contributed by atoms with E-state index < -0.39 is 6.17 Å². The normalized spacial score (nSPS) is 25.0. The number of carbonyl (C=O) groups is 1. The van der Waals surface area contributed by atoms with Gasteiger partial charge in [0.25, 0.3) is 0 Å². The molecule has 2 fully saturated rings. The molecule has 0 bridgehead atoms. The number of aromatic nitrogens is 1. The minimum Gasteiger partial charge on any atom is -0.378 e. The Labute approximate surface area is 150 Å². The molecule has 25 heavy (non-hydrogen) atoms. The molecular formula is C18H22FN3O2S. The van der Waals surface area contributed by atoms with Gasteiger partial charge in [0.2, 0.25) is 5.91 Å². The topological polar surface area (TPSA) is 45.7 Å². The molecule has 2 aliphatic heterocycles. The predicted molar refractivity (Wildman–Crippen MR) is 95.5 cm³/mol. The molecule has 134 valence electrons. The summed E-state index contributed by atoms with van der Waals surface area (Å²) in [5.74, 6) is 0.0282. The minimum absolute atomic E-state index is 0.0282. The molecule has 1 aromatic carbocycles. The number of hydrogen-bond donors (Lipinski definition) is 0. The van der Waals surface area contributed by atoms with Crippen LogP contribution < -0.4 is 0 Å². The largest absolute Gasteiger partial charge is 0.378 e. The number of rotatable bonds is 3. The molecule has 0 N–H and O–H groups in total. The fourth-order valence-electron chi connectivity index (χ4n) is 3.60. The molecule has 3 heterocycles. The smallest absolute Gasteiger partial charge is 0.240 e. The third kappa shape index (κ3) is 3.54. The van der Waals surface area contributed by atoms with Gasteiger partial charge >= 0.3 is 0 Å². The number of fused-ring (bicyclic) bond motifs is 1. The zero-order chi connectivity index (χ0) is 17.4. The number of amides is 1. The molecule has 4 rings (SSSR count). The lowest BCUT2D eigenvalue weighted by Gasteiger charge is -2.32. The number of alkyl halides is 1. The standard InChI is InChI=1S/C18H22FN3O2S/c1-12-2-3-16-14(8-12)20-17(25-16)11-22-10-13(19)9-15(22)18(23)21-4-6-24-7-5-21/h2-3,8,13,15H,4-7,9-11H2,1H3/t13-,15+/m1/s1. The predicted octanol–water partition coefficient (Wildman–Crippen LogP) is 2.38. The van der Waals surface area contributed by atoms with Gasteiger partial charge in [0.1, 0.15) is 11.2 Å². The second-order valence-electron chi connectivity index (χ2n) is 6.79. The Balaban J connectivity index is 1.51. The molecule has 2 atom stereocenters. The maximum Gasteiger partial charge on any atom is 0.240 e. The van der Waals surface area contributed by atoms with Crippen molar-refractivity contribution >= 4 is 27.5 Å². The number of thiazole rings is 1. The Bertz CT molecular complexity index is 775. The van der Waals surface area contributed by atoms with Gasteiger partial charge in [0.05, 0.1) is 36.0 Å². The molecule has 0 aliphatic carbocycles. The summed E-state index contributed by atoms with van der Waals surface area (Å²) in [7, 11) is 0. The van der Waals surface area contributed by atoms with E-state index in [1.54, 1.807) is 16.2 Å². The zero-order valence-corrected chi connectivity index (χ0v) is 15.1. The molecule has 2 saturated heterocycles. The summed E-state index contributed by atoms with van der Waals surface area (Å²) < 4.78 is 20.5. The molecule has 0 spiro atoms. The lowest BCUT2D eigenvalue weighted by molar-refractivity contribution is -0.140. The molecule has 2 aromatic rings. The highest BCUT2D eigenvalue weighted by Gasteiger charge is 2.39. The van der Waals surface area contributed by atoms with Crippen LogP contribution in [-0.2, 0) is 16.1 Å². The van der Waals surface area contributed by atoms with Crippen molar-refractivity contribution in [2.24, 2.45) is 0 Å². The van der Waals surface area contributed by atoms with Gasteiger partial charge in [0, 0.05) is 26.1 Å². The van der Waals surface area contributed by atoms with Crippen molar-refractivity contribution in [3.8, 4) is 0 Å². The van der Waals surface area contributed by atoms with Gasteiger partial charge in [-0.2, -0.15) is 0 Å². The summed E-state index contributed by atoms with van der Waals surface area (Å²) in [6, 6.07) is 5.82. The average Bonchev–Trinajstić information content (AvgIpc) is 3.17. The first-order chi connectivity index (χ1) is 12.1. The van der Waals surface area contributed by atoms with E-state index in [-0.39, 0.29) is 18.4 Å². The van der Waals surface area contributed by atoms with E-state index in [0.29, 0.717) is 39.4 Å². The van der Waals surface area contributed by atoms with Gasteiger partial charge in [0.15, 0.2) is 0 Å². The van der Waals surface area contributed by atoms with Gasteiger partial charge in [-0.05, 0) is 24.6 Å². The molecule has 1 aromatic heterocycles. The van der Waals surface area contributed by atoms with Crippen LogP contribution in [0, 0.1) is 6.92 Å². The van der Waals surface area contributed by atoms with Crippen molar-refractivity contribution < 1.29 is 13.9 Å². The molecule has 0 saturated carbocycles. The molecule has 2 aliphatic rings. The summed E-state index contributed by atoms with van der Waals surface area (Å²) in [6.07, 6.45) is -0.674. The highest BCUT2D eigenvalue weighted by Crippen LogP contribution is 2.28. The minimum atomic E-state index is -0.952. The average molecular weight is 363 g/mol. The summed E-state index contributed by atoms with van der Waals surface area (Å²) in [6.45, 7) is 5.20. The van der Waals surface area contributed by atoms with Crippen molar-refractivity contribution in [2.75, 3.05) is 32.8 Å². The van der Waals surface area contributed by atoms with Crippen LogP contribution in [0.25, 0.3) is 10.2 Å². The quantitative estimate of drug-likeness (QED) is 0.840. The van der Waals surface area contributed by atoms with E-state index in [4.69, 9.17) is 4.74 Å². The summed E-state index contributed by atoms with van der Waals surface area (Å²) in [5.41, 5.74) is 2.15. The van der Waals surface area contributed by atoms with E-state index in [2.05, 4.69) is 23.2 Å². The van der Waals surface area contributed by atoms with Gasteiger partial charge in [-0.3, -0.25) is 9.69 Å². The lowest BCUT2D eigenvalue weighted by Crippen LogP contribution is -2.49. The second-order valence-corrected chi connectivity index (χ2v) is 7.91. The van der Waals surface area contributed by atoms with Crippen LogP contribution in [0.2, 0.25) is 0 Å². The molecule has 5 nitrogen and oxygen atoms in total. The fraction of sp³-hybridized carbons (Fsp3) is 0.556. The number of morpholine rings is 1. The summed E-state index contributed by atoms with van der Waals surface area (Å²) >= 11 is 1.62. The van der Waals surface area contributed by atoms with E-state index in [1.807, 2.05) is 11.8 Å². The van der Waals surface area contributed by atoms with E-state index in [0.717, 1.165) is 15.2 Å². The van der Waals surface area contributed by atoms with Crippen LogP contribution in [0.3, 0.4) is 0 Å². The van der Waals surface area contributed by atoms with Crippen LogP contribution in [0.15, 0.2) is 18.2 Å². The number of halogens is 1. The number of hydrogen-bond acceptors (Lipinski definition) is 5. The maximum atomic E-state index is 14.1. The highest BCUT2D eigenvalue weighted by molar-refractivity contribution is 7.18. The van der Waals surface area contributed by atoms with Crippen LogP contribution in [0.4, 0.5) is 4.39 Å². The third-order valence-electron chi connectivity index (χ3n) is 4.89. The van der Waals surface area contributed by atoms with Crippen LogP contribution >= 0.6 is 11.3 Å². The fourth-order valence-corrected chi connectivity index (χ4v) is 4.57. The SMILES string of the molecule is Cc1ccc2sc(CN3C[C@H](F)C[C@H]3C(=O)N3CCOCC3)nc2c1. The first-order valence-electron chi connectivity index (χ1n) is 8.71. The summed E-state index contributed by atoms with van der Waals surface area (Å²) in [4.78, 5) is 21.2. The van der Waals surface area contributed by atoms with E-state index in [9.17, 15) is 9.18 Å². The number of benzene rings is 1. The van der Waals surface area contributed by atoms with Crippen LogP contribution in [0.1, 0.15) is 17.0 Å². The van der Waals surface area contributed by atoms with Gasteiger partial charge < -0.3 is 9.64 Å². The molecule has 1 amide bonds. The number of carbonyl (C=O) groups excluding carboxylic acids is 1. The van der Waals surface area contributed by atoms with Crippen molar-refractivity contribution in [1.82, 2.24) is 14.8 Å². The Morgan fingerprint density at radius 2 is 2.20 bits per heavy atom. The van der Waals surface area contributed by atoms with Crippen molar-refractivity contribution in [2.45, 2.75) is 32.1 Å². The maximum absolute atomic E-state index is 14.1. The monoisotopic (exact) mass is 363 g/mol. The number of aryl methyl sites for hydroxylation is 1. The van der Waals surface area contributed by atoms with Gasteiger partial charge in [-0.1, -0.05) is 6.07 Å². The van der Waals surface area contributed by atoms with Crippen molar-refractivity contribution in [1.29, 1.82) is 0 Å².